The summed E-state index contributed by atoms with van der Waals surface area (Å²) in [5.41, 5.74) is 1.57. The van der Waals surface area contributed by atoms with E-state index in [1.54, 1.807) is 30.2 Å². The molecule has 0 saturated carbocycles. The lowest BCUT2D eigenvalue weighted by Gasteiger charge is -2.17. The predicted molar refractivity (Wildman–Crippen MR) is 103 cm³/mol. The summed E-state index contributed by atoms with van der Waals surface area (Å²) in [5, 5.41) is 4.60. The number of carbonyl (C=O) groups is 1. The molecular weight excluding hydrogens is 380 g/mol. The first-order chi connectivity index (χ1) is 13.5. The van der Waals surface area contributed by atoms with E-state index in [1.807, 2.05) is 25.1 Å². The van der Waals surface area contributed by atoms with Crippen LogP contribution in [0.5, 0.6) is 5.88 Å². The highest BCUT2D eigenvalue weighted by molar-refractivity contribution is 6.33. The fourth-order valence-corrected chi connectivity index (χ4v) is 3.52. The summed E-state index contributed by atoms with van der Waals surface area (Å²) >= 11 is 6.29. The van der Waals surface area contributed by atoms with E-state index in [0.29, 0.717) is 52.4 Å². The standard InChI is InChI=1S/C20H19ClN4O3/c1-12-18(19(24-28-12)15-5-3-4-6-16(15)21)20(26)25-10-8-14(11-25)27-17-7-9-22-13(2)23-17/h3-7,9,14H,8,10-11H2,1-2H3/t14-/m0/s1. The second-order valence-electron chi connectivity index (χ2n) is 6.66. The Morgan fingerprint density at radius 1 is 1.29 bits per heavy atom. The smallest absolute Gasteiger partial charge is 0.259 e. The van der Waals surface area contributed by atoms with Crippen molar-refractivity contribution in [1.29, 1.82) is 0 Å². The predicted octanol–water partition coefficient (Wildman–Crippen LogP) is 3.70. The molecule has 2 aromatic heterocycles. The van der Waals surface area contributed by atoms with Crippen molar-refractivity contribution in [2.75, 3.05) is 13.1 Å². The van der Waals surface area contributed by atoms with E-state index in [9.17, 15) is 4.79 Å². The summed E-state index contributed by atoms with van der Waals surface area (Å²) in [5.74, 6) is 1.49. The normalized spacial score (nSPS) is 16.4. The van der Waals surface area contributed by atoms with Crippen LogP contribution >= 0.6 is 11.6 Å². The lowest BCUT2D eigenvalue weighted by atomic mass is 10.1. The topological polar surface area (TPSA) is 81.4 Å². The molecule has 1 fully saturated rings. The molecule has 0 unspecified atom stereocenters. The first-order valence-electron chi connectivity index (χ1n) is 8.99. The van der Waals surface area contributed by atoms with Gasteiger partial charge < -0.3 is 14.2 Å². The van der Waals surface area contributed by atoms with Gasteiger partial charge in [0.1, 0.15) is 28.9 Å². The van der Waals surface area contributed by atoms with Crippen molar-refractivity contribution in [1.82, 2.24) is 20.0 Å². The number of ether oxygens (including phenoxy) is 1. The number of amides is 1. The second kappa shape index (κ2) is 7.59. The van der Waals surface area contributed by atoms with Crippen molar-refractivity contribution >= 4 is 17.5 Å². The third-order valence-corrected chi connectivity index (χ3v) is 5.01. The van der Waals surface area contributed by atoms with E-state index in [2.05, 4.69) is 15.1 Å². The SMILES string of the molecule is Cc1nccc(O[C@H]2CCN(C(=O)c3c(-c4ccccc4Cl)noc3C)C2)n1. The second-order valence-corrected chi connectivity index (χ2v) is 7.07. The molecule has 8 heteroatoms. The van der Waals surface area contributed by atoms with Crippen LogP contribution in [0.15, 0.2) is 41.1 Å². The lowest BCUT2D eigenvalue weighted by Crippen LogP contribution is -2.31. The number of aryl methyl sites for hydroxylation is 2. The number of carbonyl (C=O) groups excluding carboxylic acids is 1. The first kappa shape index (κ1) is 18.4. The summed E-state index contributed by atoms with van der Waals surface area (Å²) in [6.45, 7) is 4.59. The number of benzene rings is 1. The third kappa shape index (κ3) is 3.57. The zero-order valence-electron chi connectivity index (χ0n) is 15.6. The molecule has 0 radical (unpaired) electrons. The fraction of sp³-hybridized carbons (Fsp3) is 0.300. The van der Waals surface area contributed by atoms with Crippen LogP contribution in [0.25, 0.3) is 11.3 Å². The molecule has 7 nitrogen and oxygen atoms in total. The minimum absolute atomic E-state index is 0.123. The average molecular weight is 399 g/mol. The molecule has 0 N–H and O–H groups in total. The molecule has 4 rings (SSSR count). The van der Waals surface area contributed by atoms with Crippen LogP contribution < -0.4 is 4.74 Å². The summed E-state index contributed by atoms with van der Waals surface area (Å²) in [7, 11) is 0. The molecule has 144 valence electrons. The van der Waals surface area contributed by atoms with Gasteiger partial charge in [-0.25, -0.2) is 4.98 Å². The van der Waals surface area contributed by atoms with E-state index >= 15 is 0 Å². The van der Waals surface area contributed by atoms with E-state index in [0.717, 1.165) is 6.42 Å². The van der Waals surface area contributed by atoms with E-state index < -0.39 is 0 Å². The zero-order valence-corrected chi connectivity index (χ0v) is 16.3. The molecule has 1 amide bonds. The average Bonchev–Trinajstić information content (AvgIpc) is 3.28. The Kier molecular flexibility index (Phi) is 5.00. The Bertz CT molecular complexity index is 1020. The van der Waals surface area contributed by atoms with Gasteiger partial charge in [0.05, 0.1) is 11.6 Å². The van der Waals surface area contributed by atoms with Crippen molar-refractivity contribution in [2.24, 2.45) is 0 Å². The number of halogens is 1. The van der Waals surface area contributed by atoms with Crippen LogP contribution in [0.3, 0.4) is 0 Å². The van der Waals surface area contributed by atoms with Crippen LogP contribution in [-0.2, 0) is 0 Å². The Hall–Kier alpha value is -2.93. The summed E-state index contributed by atoms with van der Waals surface area (Å²) in [4.78, 5) is 23.3. The Labute approximate surface area is 167 Å². The fourth-order valence-electron chi connectivity index (χ4n) is 3.30. The van der Waals surface area contributed by atoms with Crippen LogP contribution in [0.4, 0.5) is 0 Å². The van der Waals surface area contributed by atoms with E-state index in [-0.39, 0.29) is 12.0 Å². The largest absolute Gasteiger partial charge is 0.472 e. The number of hydrogen-bond acceptors (Lipinski definition) is 6. The van der Waals surface area contributed by atoms with Crippen molar-refractivity contribution in [2.45, 2.75) is 26.4 Å². The molecule has 1 aliphatic rings. The number of rotatable bonds is 4. The first-order valence-corrected chi connectivity index (χ1v) is 9.37. The quantitative estimate of drug-likeness (QED) is 0.666. The van der Waals surface area contributed by atoms with Gasteiger partial charge in [-0.2, -0.15) is 4.98 Å². The summed E-state index contributed by atoms with van der Waals surface area (Å²) in [6.07, 6.45) is 2.26. The monoisotopic (exact) mass is 398 g/mol. The molecule has 1 saturated heterocycles. The van der Waals surface area contributed by atoms with Gasteiger partial charge in [-0.3, -0.25) is 4.79 Å². The van der Waals surface area contributed by atoms with Crippen molar-refractivity contribution in [3.8, 4) is 17.1 Å². The number of likely N-dealkylation sites (tertiary alicyclic amines) is 1. The van der Waals surface area contributed by atoms with Crippen molar-refractivity contribution < 1.29 is 14.1 Å². The summed E-state index contributed by atoms with van der Waals surface area (Å²) < 4.78 is 11.2. The van der Waals surface area contributed by atoms with Crippen LogP contribution in [0, 0.1) is 13.8 Å². The van der Waals surface area contributed by atoms with Gasteiger partial charge in [0.25, 0.3) is 5.91 Å². The lowest BCUT2D eigenvalue weighted by molar-refractivity contribution is 0.0770. The number of hydrogen-bond donors (Lipinski definition) is 0. The highest BCUT2D eigenvalue weighted by Crippen LogP contribution is 2.32. The third-order valence-electron chi connectivity index (χ3n) is 4.68. The Balaban J connectivity index is 1.53. The summed E-state index contributed by atoms with van der Waals surface area (Å²) in [6, 6.07) is 8.99. The maximum Gasteiger partial charge on any atom is 0.259 e. The van der Waals surface area contributed by atoms with Gasteiger partial charge in [0.2, 0.25) is 5.88 Å². The zero-order chi connectivity index (χ0) is 19.7. The highest BCUT2D eigenvalue weighted by atomic mass is 35.5. The molecule has 1 atom stereocenters. The van der Waals surface area contributed by atoms with Crippen LogP contribution in [0.1, 0.15) is 28.4 Å². The maximum absolute atomic E-state index is 13.2. The van der Waals surface area contributed by atoms with Gasteiger partial charge in [0, 0.05) is 30.8 Å². The highest BCUT2D eigenvalue weighted by Gasteiger charge is 2.33. The number of aromatic nitrogens is 3. The minimum atomic E-state index is -0.140. The van der Waals surface area contributed by atoms with E-state index in [4.69, 9.17) is 20.9 Å². The molecule has 3 heterocycles. The Morgan fingerprint density at radius 3 is 2.89 bits per heavy atom. The van der Waals surface area contributed by atoms with Gasteiger partial charge in [-0.1, -0.05) is 35.0 Å². The van der Waals surface area contributed by atoms with Crippen LogP contribution in [0.2, 0.25) is 5.02 Å². The van der Waals surface area contributed by atoms with Gasteiger partial charge in [0.15, 0.2) is 0 Å². The molecular formula is C20H19ClN4O3. The van der Waals surface area contributed by atoms with Crippen molar-refractivity contribution in [3.63, 3.8) is 0 Å². The number of nitrogens with zero attached hydrogens (tertiary/aromatic N) is 4. The molecule has 0 bridgehead atoms. The van der Waals surface area contributed by atoms with E-state index in [1.165, 1.54) is 0 Å². The molecule has 3 aromatic rings. The van der Waals surface area contributed by atoms with Gasteiger partial charge in [-0.05, 0) is 19.9 Å². The molecule has 0 aliphatic carbocycles. The Morgan fingerprint density at radius 2 is 2.11 bits per heavy atom. The van der Waals surface area contributed by atoms with Gasteiger partial charge >= 0.3 is 0 Å². The van der Waals surface area contributed by atoms with Gasteiger partial charge in [-0.15, -0.1) is 0 Å². The molecule has 1 aromatic carbocycles. The van der Waals surface area contributed by atoms with Crippen molar-refractivity contribution in [3.05, 3.63) is 58.7 Å². The maximum atomic E-state index is 13.2. The minimum Gasteiger partial charge on any atom is -0.472 e. The molecule has 1 aliphatic heterocycles. The molecule has 0 spiro atoms. The molecule has 28 heavy (non-hydrogen) atoms. The van der Waals surface area contributed by atoms with Crippen LogP contribution in [-0.4, -0.2) is 45.1 Å².